The second kappa shape index (κ2) is 11.5. The molecule has 2 aliphatic carbocycles. The Kier molecular flexibility index (Phi) is 6.69. The van der Waals surface area contributed by atoms with Gasteiger partial charge in [0.25, 0.3) is 0 Å². The summed E-state index contributed by atoms with van der Waals surface area (Å²) in [5.74, 6) is 0.305. The van der Waals surface area contributed by atoms with Crippen LogP contribution in [0.5, 0.6) is 0 Å². The van der Waals surface area contributed by atoms with E-state index < -0.39 is 0 Å². The SMILES string of the molecule is CC1(C)c2ccccc2-c2ccc(N(c3ccc(C4C=CC=C(c5ccc6ccccc6c5)C4)cc3)c3cccc4oc5ccccc5c34)cc21. The summed E-state index contributed by atoms with van der Waals surface area (Å²) in [5.41, 5.74) is 14.4. The zero-order valence-corrected chi connectivity index (χ0v) is 28.8. The number of fused-ring (bicyclic) bond motifs is 7. The molecular weight excluding hydrogens is 619 g/mol. The van der Waals surface area contributed by atoms with Gasteiger partial charge < -0.3 is 9.32 Å². The van der Waals surface area contributed by atoms with Gasteiger partial charge in [-0.1, -0.05) is 135 Å². The van der Waals surface area contributed by atoms with Gasteiger partial charge in [-0.3, -0.25) is 0 Å². The Morgan fingerprint density at radius 3 is 2.25 bits per heavy atom. The molecule has 1 heterocycles. The Hall–Kier alpha value is -6.12. The number of furan rings is 1. The number of benzene rings is 7. The van der Waals surface area contributed by atoms with Crippen molar-refractivity contribution in [3.63, 3.8) is 0 Å². The zero-order valence-electron chi connectivity index (χ0n) is 28.8. The maximum atomic E-state index is 6.39. The third kappa shape index (κ3) is 4.78. The van der Waals surface area contributed by atoms with Crippen LogP contribution in [-0.4, -0.2) is 0 Å². The fourth-order valence-electron chi connectivity index (χ4n) is 8.58. The molecule has 2 nitrogen and oxygen atoms in total. The third-order valence-electron chi connectivity index (χ3n) is 11.2. The van der Waals surface area contributed by atoms with E-state index in [2.05, 4.69) is 183 Å². The highest BCUT2D eigenvalue weighted by Crippen LogP contribution is 2.51. The summed E-state index contributed by atoms with van der Waals surface area (Å²) in [4.78, 5) is 2.42. The molecule has 51 heavy (non-hydrogen) atoms. The van der Waals surface area contributed by atoms with Crippen LogP contribution in [-0.2, 0) is 5.41 Å². The van der Waals surface area contributed by atoms with Crippen LogP contribution in [0.15, 0.2) is 174 Å². The first kappa shape index (κ1) is 29.8. The molecule has 0 amide bonds. The average Bonchev–Trinajstić information content (AvgIpc) is 3.67. The molecule has 2 aliphatic rings. The van der Waals surface area contributed by atoms with E-state index in [0.717, 1.165) is 45.4 Å². The number of nitrogens with zero attached hydrogens (tertiary/aromatic N) is 1. The maximum absolute atomic E-state index is 6.39. The lowest BCUT2D eigenvalue weighted by Gasteiger charge is -2.29. The van der Waals surface area contributed by atoms with E-state index in [1.807, 2.05) is 6.07 Å². The summed E-state index contributed by atoms with van der Waals surface area (Å²) in [6, 6.07) is 55.4. The van der Waals surface area contributed by atoms with Crippen LogP contribution < -0.4 is 4.90 Å². The van der Waals surface area contributed by atoms with Gasteiger partial charge in [-0.2, -0.15) is 0 Å². The Morgan fingerprint density at radius 1 is 0.608 bits per heavy atom. The largest absolute Gasteiger partial charge is 0.456 e. The van der Waals surface area contributed by atoms with E-state index >= 15 is 0 Å². The van der Waals surface area contributed by atoms with E-state index in [4.69, 9.17) is 4.42 Å². The van der Waals surface area contributed by atoms with E-state index in [9.17, 15) is 0 Å². The quantitative estimate of drug-likeness (QED) is 0.183. The smallest absolute Gasteiger partial charge is 0.137 e. The Balaban J connectivity index is 1.06. The van der Waals surface area contributed by atoms with Crippen LogP contribution in [0.1, 0.15) is 48.4 Å². The molecule has 7 aromatic carbocycles. The van der Waals surface area contributed by atoms with Crippen molar-refractivity contribution in [2.45, 2.75) is 31.6 Å². The Bertz CT molecular complexity index is 2700. The average molecular weight is 656 g/mol. The fraction of sp³-hybridized carbons (Fsp3) is 0.102. The molecule has 0 N–H and O–H groups in total. The number of anilines is 3. The molecule has 8 aromatic rings. The molecule has 1 unspecified atom stereocenters. The van der Waals surface area contributed by atoms with Gasteiger partial charge >= 0.3 is 0 Å². The Labute approximate surface area is 298 Å². The van der Waals surface area contributed by atoms with Crippen LogP contribution >= 0.6 is 0 Å². The topological polar surface area (TPSA) is 16.4 Å². The van der Waals surface area contributed by atoms with Crippen molar-refractivity contribution in [1.82, 2.24) is 0 Å². The van der Waals surface area contributed by atoms with Gasteiger partial charge in [-0.05, 0) is 105 Å². The first-order valence-electron chi connectivity index (χ1n) is 17.9. The highest BCUT2D eigenvalue weighted by atomic mass is 16.3. The van der Waals surface area contributed by atoms with Crippen LogP contribution in [0.2, 0.25) is 0 Å². The van der Waals surface area contributed by atoms with Crippen LogP contribution in [0.3, 0.4) is 0 Å². The number of hydrogen-bond donors (Lipinski definition) is 0. The van der Waals surface area contributed by atoms with Crippen molar-refractivity contribution in [1.29, 1.82) is 0 Å². The summed E-state index contributed by atoms with van der Waals surface area (Å²) in [7, 11) is 0. The molecule has 0 aliphatic heterocycles. The minimum atomic E-state index is -0.102. The predicted molar refractivity (Wildman–Crippen MR) is 214 cm³/mol. The van der Waals surface area contributed by atoms with Crippen LogP contribution in [0.25, 0.3) is 49.4 Å². The molecule has 1 aromatic heterocycles. The number of rotatable bonds is 5. The van der Waals surface area contributed by atoms with E-state index in [1.54, 1.807) is 0 Å². The Morgan fingerprint density at radius 2 is 1.35 bits per heavy atom. The van der Waals surface area contributed by atoms with Crippen LogP contribution in [0.4, 0.5) is 17.1 Å². The van der Waals surface area contributed by atoms with Gasteiger partial charge in [0.1, 0.15) is 11.2 Å². The minimum Gasteiger partial charge on any atom is -0.456 e. The van der Waals surface area contributed by atoms with E-state index in [0.29, 0.717) is 5.92 Å². The van der Waals surface area contributed by atoms with Crippen molar-refractivity contribution < 1.29 is 4.42 Å². The van der Waals surface area contributed by atoms with Crippen molar-refractivity contribution >= 4 is 55.3 Å². The monoisotopic (exact) mass is 655 g/mol. The van der Waals surface area contributed by atoms with Gasteiger partial charge in [0, 0.05) is 28.1 Å². The van der Waals surface area contributed by atoms with Gasteiger partial charge in [0.15, 0.2) is 0 Å². The molecule has 1 atom stereocenters. The lowest BCUT2D eigenvalue weighted by molar-refractivity contribution is 0.660. The van der Waals surface area contributed by atoms with Crippen molar-refractivity contribution in [3.8, 4) is 11.1 Å². The third-order valence-corrected chi connectivity index (χ3v) is 11.2. The maximum Gasteiger partial charge on any atom is 0.137 e. The molecule has 0 fully saturated rings. The lowest BCUT2D eigenvalue weighted by atomic mass is 9.82. The summed E-state index contributed by atoms with van der Waals surface area (Å²) in [6.07, 6.45) is 7.82. The van der Waals surface area contributed by atoms with Crippen molar-refractivity contribution in [2.24, 2.45) is 0 Å². The second-order valence-electron chi connectivity index (χ2n) is 14.5. The molecule has 0 radical (unpaired) electrons. The minimum absolute atomic E-state index is 0.102. The molecule has 0 spiro atoms. The standard InChI is InChI=1S/C49H37NO/c1-49(2)43-17-7-5-15-40(43)41-28-27-39(31-44(41)49)50(45-18-10-20-47-48(45)42-16-6-8-19-46(42)51-47)38-25-23-33(24-26-38)35-13-9-14-36(29-35)37-22-21-32-11-3-4-12-34(32)30-37/h3-28,30-31,35H,29H2,1-2H3. The highest BCUT2D eigenvalue weighted by Gasteiger charge is 2.36. The summed E-state index contributed by atoms with van der Waals surface area (Å²) >= 11 is 0. The number of allylic oxidation sites excluding steroid dienone is 4. The van der Waals surface area contributed by atoms with Gasteiger partial charge in [-0.25, -0.2) is 0 Å². The molecule has 10 rings (SSSR count). The second-order valence-corrected chi connectivity index (χ2v) is 14.5. The van der Waals surface area contributed by atoms with Gasteiger partial charge in [0.05, 0.1) is 11.1 Å². The number of para-hydroxylation sites is 1. The fourth-order valence-corrected chi connectivity index (χ4v) is 8.58. The highest BCUT2D eigenvalue weighted by molar-refractivity contribution is 6.13. The first-order chi connectivity index (χ1) is 25.0. The van der Waals surface area contributed by atoms with Gasteiger partial charge in [-0.15, -0.1) is 0 Å². The summed E-state index contributed by atoms with van der Waals surface area (Å²) in [6.45, 7) is 4.70. The zero-order chi connectivity index (χ0) is 34.1. The molecule has 0 saturated heterocycles. The van der Waals surface area contributed by atoms with Crippen molar-refractivity contribution in [2.75, 3.05) is 4.90 Å². The summed E-state index contributed by atoms with van der Waals surface area (Å²) in [5, 5.41) is 4.81. The predicted octanol–water partition coefficient (Wildman–Crippen LogP) is 13.6. The number of hydrogen-bond acceptors (Lipinski definition) is 2. The van der Waals surface area contributed by atoms with Gasteiger partial charge in [0.2, 0.25) is 0 Å². The first-order valence-corrected chi connectivity index (χ1v) is 17.9. The van der Waals surface area contributed by atoms with E-state index in [1.165, 1.54) is 49.7 Å². The summed E-state index contributed by atoms with van der Waals surface area (Å²) < 4.78 is 6.39. The molecule has 2 heteroatoms. The molecule has 0 bridgehead atoms. The molecule has 0 saturated carbocycles. The van der Waals surface area contributed by atoms with E-state index in [-0.39, 0.29) is 5.41 Å². The van der Waals surface area contributed by atoms with Crippen molar-refractivity contribution in [3.05, 3.63) is 192 Å². The normalized spacial score (nSPS) is 16.0. The molecule has 244 valence electrons. The lowest BCUT2D eigenvalue weighted by Crippen LogP contribution is -2.16. The van der Waals surface area contributed by atoms with Crippen LogP contribution in [0, 0.1) is 0 Å². The molecular formula is C49H37NO.